The number of rotatable bonds is 6. The predicted octanol–water partition coefficient (Wildman–Crippen LogP) is 1.86. The summed E-state index contributed by atoms with van der Waals surface area (Å²) < 4.78 is 0. The van der Waals surface area contributed by atoms with Gasteiger partial charge in [-0.25, -0.2) is 0 Å². The van der Waals surface area contributed by atoms with Gasteiger partial charge in [-0.15, -0.1) is 0 Å². The largest absolute Gasteiger partial charge is 0.310 e. The highest BCUT2D eigenvalue weighted by atomic mass is 15.1. The zero-order valence-electron chi connectivity index (χ0n) is 9.40. The summed E-state index contributed by atoms with van der Waals surface area (Å²) >= 11 is 0. The molecule has 0 aromatic heterocycles. The Labute approximate surface area is 82.7 Å². The molecule has 2 heteroatoms. The van der Waals surface area contributed by atoms with E-state index in [1.54, 1.807) is 0 Å². The Bertz CT molecular complexity index is 137. The van der Waals surface area contributed by atoms with Crippen molar-refractivity contribution in [3.05, 3.63) is 0 Å². The Hall–Kier alpha value is -0.0800. The van der Waals surface area contributed by atoms with Crippen molar-refractivity contribution in [3.8, 4) is 0 Å². The van der Waals surface area contributed by atoms with E-state index in [-0.39, 0.29) is 0 Å². The fourth-order valence-corrected chi connectivity index (χ4v) is 1.94. The molecule has 1 fully saturated rings. The van der Waals surface area contributed by atoms with Gasteiger partial charge < -0.3 is 10.2 Å². The number of nitrogens with one attached hydrogen (secondary N) is 1. The standard InChI is InChI=1S/C11H24N2/c1-4-13(5-2)10-9-12-11(3)7-6-8-11/h12H,4-10H2,1-3H3. The van der Waals surface area contributed by atoms with Crippen LogP contribution in [0.1, 0.15) is 40.0 Å². The lowest BCUT2D eigenvalue weighted by molar-refractivity contribution is 0.194. The summed E-state index contributed by atoms with van der Waals surface area (Å²) in [5, 5.41) is 3.65. The molecule has 1 aliphatic rings. The molecule has 0 aromatic rings. The van der Waals surface area contributed by atoms with Crippen molar-refractivity contribution < 1.29 is 0 Å². The van der Waals surface area contributed by atoms with Crippen molar-refractivity contribution in [1.29, 1.82) is 0 Å². The lowest BCUT2D eigenvalue weighted by atomic mass is 9.78. The van der Waals surface area contributed by atoms with E-state index in [0.717, 1.165) is 6.54 Å². The van der Waals surface area contributed by atoms with Crippen LogP contribution in [-0.2, 0) is 0 Å². The van der Waals surface area contributed by atoms with Crippen LogP contribution in [0.2, 0.25) is 0 Å². The van der Waals surface area contributed by atoms with Crippen LogP contribution in [0.25, 0.3) is 0 Å². The van der Waals surface area contributed by atoms with Gasteiger partial charge in [0.15, 0.2) is 0 Å². The number of hydrogen-bond donors (Lipinski definition) is 1. The molecule has 2 nitrogen and oxygen atoms in total. The summed E-state index contributed by atoms with van der Waals surface area (Å²) in [5.41, 5.74) is 0.479. The van der Waals surface area contributed by atoms with E-state index in [1.165, 1.54) is 38.9 Å². The fraction of sp³-hybridized carbons (Fsp3) is 1.00. The van der Waals surface area contributed by atoms with Gasteiger partial charge in [-0.2, -0.15) is 0 Å². The molecule has 13 heavy (non-hydrogen) atoms. The average Bonchev–Trinajstić information content (AvgIpc) is 2.10. The van der Waals surface area contributed by atoms with Gasteiger partial charge in [0, 0.05) is 18.6 Å². The molecule has 1 saturated carbocycles. The van der Waals surface area contributed by atoms with E-state index in [0.29, 0.717) is 5.54 Å². The topological polar surface area (TPSA) is 15.3 Å². The highest BCUT2D eigenvalue weighted by Gasteiger charge is 2.30. The molecule has 0 unspecified atom stereocenters. The predicted molar refractivity (Wildman–Crippen MR) is 58.0 cm³/mol. The molecule has 0 amide bonds. The molecule has 0 atom stereocenters. The van der Waals surface area contributed by atoms with Gasteiger partial charge in [-0.3, -0.25) is 0 Å². The lowest BCUT2D eigenvalue weighted by Crippen LogP contribution is -2.50. The molecule has 0 saturated heterocycles. The lowest BCUT2D eigenvalue weighted by Gasteiger charge is -2.40. The van der Waals surface area contributed by atoms with Crippen molar-refractivity contribution in [2.24, 2.45) is 0 Å². The summed E-state index contributed by atoms with van der Waals surface area (Å²) in [6.45, 7) is 11.5. The first kappa shape index (κ1) is 11.0. The summed E-state index contributed by atoms with van der Waals surface area (Å²) in [4.78, 5) is 2.47. The minimum Gasteiger partial charge on any atom is -0.310 e. The number of likely N-dealkylation sites (N-methyl/N-ethyl adjacent to an activating group) is 1. The number of hydrogen-bond acceptors (Lipinski definition) is 2. The Kier molecular flexibility index (Phi) is 4.20. The fourth-order valence-electron chi connectivity index (χ4n) is 1.94. The van der Waals surface area contributed by atoms with Gasteiger partial charge in [-0.05, 0) is 39.3 Å². The molecule has 0 heterocycles. The van der Waals surface area contributed by atoms with Crippen molar-refractivity contribution in [2.75, 3.05) is 26.2 Å². The SMILES string of the molecule is CCN(CC)CCNC1(C)CCC1. The van der Waals surface area contributed by atoms with Crippen LogP contribution in [0.5, 0.6) is 0 Å². The Morgan fingerprint density at radius 2 is 1.85 bits per heavy atom. The van der Waals surface area contributed by atoms with Crippen molar-refractivity contribution in [2.45, 2.75) is 45.6 Å². The zero-order valence-corrected chi connectivity index (χ0v) is 9.40. The quantitative estimate of drug-likeness (QED) is 0.678. The summed E-state index contributed by atoms with van der Waals surface area (Å²) in [5.74, 6) is 0. The molecule has 1 rings (SSSR count). The summed E-state index contributed by atoms with van der Waals surface area (Å²) in [6, 6.07) is 0. The third kappa shape index (κ3) is 3.28. The Morgan fingerprint density at radius 3 is 2.23 bits per heavy atom. The van der Waals surface area contributed by atoms with Gasteiger partial charge in [0.1, 0.15) is 0 Å². The highest BCUT2D eigenvalue weighted by molar-refractivity contribution is 4.91. The minimum absolute atomic E-state index is 0.479. The van der Waals surface area contributed by atoms with Crippen LogP contribution in [0.4, 0.5) is 0 Å². The maximum atomic E-state index is 3.65. The maximum absolute atomic E-state index is 3.65. The monoisotopic (exact) mass is 184 g/mol. The average molecular weight is 184 g/mol. The van der Waals surface area contributed by atoms with Crippen LogP contribution in [0, 0.1) is 0 Å². The first-order valence-electron chi connectivity index (χ1n) is 5.67. The van der Waals surface area contributed by atoms with Crippen molar-refractivity contribution in [3.63, 3.8) is 0 Å². The molecular weight excluding hydrogens is 160 g/mol. The van der Waals surface area contributed by atoms with Crippen LogP contribution >= 0.6 is 0 Å². The Morgan fingerprint density at radius 1 is 1.23 bits per heavy atom. The van der Waals surface area contributed by atoms with Crippen LogP contribution < -0.4 is 5.32 Å². The third-order valence-electron chi connectivity index (χ3n) is 3.33. The molecule has 1 aliphatic carbocycles. The first-order valence-corrected chi connectivity index (χ1v) is 5.67. The summed E-state index contributed by atoms with van der Waals surface area (Å²) in [6.07, 6.45) is 4.14. The van der Waals surface area contributed by atoms with Gasteiger partial charge in [-0.1, -0.05) is 13.8 Å². The van der Waals surface area contributed by atoms with E-state index in [1.807, 2.05) is 0 Å². The molecule has 0 bridgehead atoms. The Balaban J connectivity index is 2.05. The molecule has 0 aliphatic heterocycles. The van der Waals surface area contributed by atoms with Crippen molar-refractivity contribution >= 4 is 0 Å². The van der Waals surface area contributed by atoms with Crippen molar-refractivity contribution in [1.82, 2.24) is 10.2 Å². The van der Waals surface area contributed by atoms with E-state index >= 15 is 0 Å². The highest BCUT2D eigenvalue weighted by Crippen LogP contribution is 2.30. The second-order valence-corrected chi connectivity index (χ2v) is 4.37. The third-order valence-corrected chi connectivity index (χ3v) is 3.33. The smallest absolute Gasteiger partial charge is 0.0153 e. The van der Waals surface area contributed by atoms with Gasteiger partial charge in [0.05, 0.1) is 0 Å². The first-order chi connectivity index (χ1) is 6.20. The number of nitrogens with zero attached hydrogens (tertiary/aromatic N) is 1. The van der Waals surface area contributed by atoms with E-state index < -0.39 is 0 Å². The molecular formula is C11H24N2. The van der Waals surface area contributed by atoms with E-state index in [9.17, 15) is 0 Å². The van der Waals surface area contributed by atoms with Crippen LogP contribution in [0.15, 0.2) is 0 Å². The van der Waals surface area contributed by atoms with E-state index in [4.69, 9.17) is 0 Å². The van der Waals surface area contributed by atoms with Gasteiger partial charge >= 0.3 is 0 Å². The maximum Gasteiger partial charge on any atom is 0.0153 e. The molecule has 1 N–H and O–H groups in total. The minimum atomic E-state index is 0.479. The van der Waals surface area contributed by atoms with Gasteiger partial charge in [0.25, 0.3) is 0 Å². The molecule has 0 aromatic carbocycles. The van der Waals surface area contributed by atoms with Gasteiger partial charge in [0.2, 0.25) is 0 Å². The molecule has 78 valence electrons. The molecule has 0 radical (unpaired) electrons. The van der Waals surface area contributed by atoms with Crippen LogP contribution in [-0.4, -0.2) is 36.6 Å². The zero-order chi connectivity index (χ0) is 9.73. The second kappa shape index (κ2) is 4.97. The second-order valence-electron chi connectivity index (χ2n) is 4.37. The summed E-state index contributed by atoms with van der Waals surface area (Å²) in [7, 11) is 0. The van der Waals surface area contributed by atoms with E-state index in [2.05, 4.69) is 31.0 Å². The molecule has 0 spiro atoms. The normalized spacial score (nSPS) is 20.3. The van der Waals surface area contributed by atoms with Crippen LogP contribution in [0.3, 0.4) is 0 Å².